The fraction of sp³-hybridized carbons (Fsp3) is 0.133. The fourth-order valence-corrected chi connectivity index (χ4v) is 2.02. The largest absolute Gasteiger partial charge is 0.416 e. The molecule has 0 fully saturated rings. The Labute approximate surface area is 138 Å². The molecule has 0 aliphatic carbocycles. The van der Waals surface area contributed by atoms with Crippen molar-refractivity contribution in [3.8, 4) is 0 Å². The van der Waals surface area contributed by atoms with Crippen molar-refractivity contribution in [3.05, 3.63) is 53.8 Å². The molecule has 0 aliphatic heterocycles. The molecule has 1 amide bonds. The molecule has 0 spiro atoms. The van der Waals surface area contributed by atoms with Crippen molar-refractivity contribution in [2.24, 2.45) is 0 Å². The number of carbonyl (C=O) groups excluding carboxylic acids is 1. The molecular weight excluding hydrogens is 344 g/mol. The molecule has 0 atom stereocenters. The molecule has 1 aromatic heterocycles. The van der Waals surface area contributed by atoms with Crippen LogP contribution >= 0.6 is 0 Å². The van der Waals surface area contributed by atoms with Gasteiger partial charge in [0.05, 0.1) is 5.56 Å². The van der Waals surface area contributed by atoms with Crippen LogP contribution < -0.4 is 10.2 Å². The lowest BCUT2D eigenvalue weighted by Gasteiger charge is -2.08. The van der Waals surface area contributed by atoms with Crippen molar-refractivity contribution in [2.45, 2.75) is 6.18 Å². The third-order valence-electron chi connectivity index (χ3n) is 3.19. The van der Waals surface area contributed by atoms with Gasteiger partial charge in [0.1, 0.15) is 16.9 Å². The quantitative estimate of drug-likeness (QED) is 0.732. The van der Waals surface area contributed by atoms with Crippen molar-refractivity contribution in [1.29, 1.82) is 0 Å². The lowest BCUT2D eigenvalue weighted by Crippen LogP contribution is -2.26. The van der Waals surface area contributed by atoms with E-state index in [0.717, 1.165) is 23.0 Å². The summed E-state index contributed by atoms with van der Waals surface area (Å²) >= 11 is 0. The van der Waals surface area contributed by atoms with Gasteiger partial charge in [0.15, 0.2) is 6.61 Å². The number of fused-ring (bicyclic) bond motifs is 1. The lowest BCUT2D eigenvalue weighted by molar-refractivity contribution is -0.137. The average molecular weight is 354 g/mol. The van der Waals surface area contributed by atoms with Crippen molar-refractivity contribution in [2.75, 3.05) is 11.9 Å². The second-order valence-electron chi connectivity index (χ2n) is 4.99. The molecular formula is C15H10F4N4O2. The Hall–Kier alpha value is -3.17. The number of carbonyl (C=O) groups is 1. The van der Waals surface area contributed by atoms with Crippen molar-refractivity contribution in [3.63, 3.8) is 0 Å². The van der Waals surface area contributed by atoms with E-state index in [2.05, 4.69) is 15.6 Å². The predicted molar refractivity (Wildman–Crippen MR) is 79.0 cm³/mol. The van der Waals surface area contributed by atoms with Gasteiger partial charge in [-0.1, -0.05) is 4.85 Å². The maximum absolute atomic E-state index is 12.8. The third kappa shape index (κ3) is 3.84. The Kier molecular flexibility index (Phi) is 4.26. The minimum absolute atomic E-state index is 0.0237. The summed E-state index contributed by atoms with van der Waals surface area (Å²) in [4.78, 5) is 17.6. The Morgan fingerprint density at radius 1 is 1.16 bits per heavy atom. The van der Waals surface area contributed by atoms with E-state index < -0.39 is 30.1 Å². The number of amides is 1. The number of hydrogen-bond donors (Lipinski definition) is 1. The number of nitrogens with one attached hydrogen (secondary N) is 1. The highest BCUT2D eigenvalue weighted by Crippen LogP contribution is 2.30. The second kappa shape index (κ2) is 6.38. The molecule has 0 aliphatic rings. The van der Waals surface area contributed by atoms with Gasteiger partial charge >= 0.3 is 6.18 Å². The summed E-state index contributed by atoms with van der Waals surface area (Å²) in [7, 11) is 0. The van der Waals surface area contributed by atoms with Gasteiger partial charge in [0.2, 0.25) is 0 Å². The van der Waals surface area contributed by atoms with E-state index in [1.807, 2.05) is 0 Å². The monoisotopic (exact) mass is 354 g/mol. The molecule has 2 aromatic carbocycles. The summed E-state index contributed by atoms with van der Waals surface area (Å²) in [5.74, 6) is -1.05. The molecule has 130 valence electrons. The van der Waals surface area contributed by atoms with Crippen LogP contribution in [0.3, 0.4) is 0 Å². The van der Waals surface area contributed by atoms with Crippen molar-refractivity contribution >= 4 is 22.6 Å². The van der Waals surface area contributed by atoms with Crippen LogP contribution in [0.4, 0.5) is 23.2 Å². The normalized spacial score (nSPS) is 11.5. The SMILES string of the molecule is O=C(COn1nnc2ccc(C(F)(F)F)cc21)Nc1ccc(F)cc1. The summed E-state index contributed by atoms with van der Waals surface area (Å²) in [5.41, 5.74) is -0.378. The molecule has 0 unspecified atom stereocenters. The lowest BCUT2D eigenvalue weighted by atomic mass is 10.2. The van der Waals surface area contributed by atoms with E-state index >= 15 is 0 Å². The molecule has 25 heavy (non-hydrogen) atoms. The van der Waals surface area contributed by atoms with Crippen LogP contribution in [0.2, 0.25) is 0 Å². The number of hydrogen-bond acceptors (Lipinski definition) is 4. The standard InChI is InChI=1S/C15H10F4N4O2/c16-10-2-4-11(5-3-10)20-14(24)8-25-23-13-7-9(15(17,18)19)1-6-12(13)21-22-23/h1-7H,8H2,(H,20,24). The van der Waals surface area contributed by atoms with Gasteiger partial charge in [-0.2, -0.15) is 13.2 Å². The summed E-state index contributed by atoms with van der Waals surface area (Å²) < 4.78 is 51.1. The van der Waals surface area contributed by atoms with Gasteiger partial charge in [-0.05, 0) is 47.7 Å². The van der Waals surface area contributed by atoms with Gasteiger partial charge in [-0.25, -0.2) is 4.39 Å². The summed E-state index contributed by atoms with van der Waals surface area (Å²) in [6.45, 7) is -0.522. The minimum atomic E-state index is -4.52. The average Bonchev–Trinajstić information content (AvgIpc) is 2.96. The van der Waals surface area contributed by atoms with Gasteiger partial charge < -0.3 is 10.2 Å². The zero-order chi connectivity index (χ0) is 18.0. The van der Waals surface area contributed by atoms with Crippen LogP contribution in [0, 0.1) is 5.82 Å². The van der Waals surface area contributed by atoms with E-state index in [9.17, 15) is 22.4 Å². The smallest absolute Gasteiger partial charge is 0.385 e. The number of aromatic nitrogens is 3. The van der Waals surface area contributed by atoms with Gasteiger partial charge in [-0.3, -0.25) is 4.79 Å². The van der Waals surface area contributed by atoms with Gasteiger partial charge in [0, 0.05) is 5.69 Å². The van der Waals surface area contributed by atoms with Gasteiger partial charge in [-0.15, -0.1) is 5.10 Å². The van der Waals surface area contributed by atoms with Crippen LogP contribution in [0.5, 0.6) is 0 Å². The fourth-order valence-electron chi connectivity index (χ4n) is 2.02. The molecule has 6 nitrogen and oxygen atoms in total. The van der Waals surface area contributed by atoms with Crippen LogP contribution in [0.25, 0.3) is 11.0 Å². The Morgan fingerprint density at radius 3 is 2.56 bits per heavy atom. The maximum Gasteiger partial charge on any atom is 0.416 e. The number of halogens is 4. The van der Waals surface area contributed by atoms with E-state index in [4.69, 9.17) is 4.84 Å². The van der Waals surface area contributed by atoms with Crippen LogP contribution in [-0.2, 0) is 11.0 Å². The first kappa shape index (κ1) is 16.7. The highest BCUT2D eigenvalue weighted by molar-refractivity contribution is 5.91. The Bertz CT molecular complexity index is 906. The topological polar surface area (TPSA) is 69.0 Å². The number of nitrogens with zero attached hydrogens (tertiary/aromatic N) is 3. The number of rotatable bonds is 4. The molecule has 1 N–H and O–H groups in total. The summed E-state index contributed by atoms with van der Waals surface area (Å²) in [6, 6.07) is 7.90. The van der Waals surface area contributed by atoms with E-state index in [1.54, 1.807) is 0 Å². The van der Waals surface area contributed by atoms with Crippen molar-refractivity contribution < 1.29 is 27.2 Å². The predicted octanol–water partition coefficient (Wildman–Crippen LogP) is 2.66. The first-order chi connectivity index (χ1) is 11.8. The molecule has 10 heteroatoms. The molecule has 3 aromatic rings. The highest BCUT2D eigenvalue weighted by Gasteiger charge is 2.31. The van der Waals surface area contributed by atoms with E-state index in [1.165, 1.54) is 24.3 Å². The highest BCUT2D eigenvalue weighted by atomic mass is 19.4. The number of benzene rings is 2. The van der Waals surface area contributed by atoms with Crippen LogP contribution in [-0.4, -0.2) is 27.7 Å². The Balaban J connectivity index is 1.70. The number of anilines is 1. The molecule has 0 radical (unpaired) electrons. The maximum atomic E-state index is 12.8. The van der Waals surface area contributed by atoms with E-state index in [-0.39, 0.29) is 11.0 Å². The van der Waals surface area contributed by atoms with Crippen LogP contribution in [0.15, 0.2) is 42.5 Å². The summed E-state index contributed by atoms with van der Waals surface area (Å²) in [6.07, 6.45) is -4.52. The first-order valence-electron chi connectivity index (χ1n) is 6.94. The van der Waals surface area contributed by atoms with E-state index in [0.29, 0.717) is 5.69 Å². The molecule has 0 bridgehead atoms. The number of alkyl halides is 3. The van der Waals surface area contributed by atoms with Crippen LogP contribution in [0.1, 0.15) is 5.56 Å². The Morgan fingerprint density at radius 2 is 1.88 bits per heavy atom. The molecule has 1 heterocycles. The van der Waals surface area contributed by atoms with Gasteiger partial charge in [0.25, 0.3) is 5.91 Å². The summed E-state index contributed by atoms with van der Waals surface area (Å²) in [5, 5.41) is 9.66. The molecule has 0 saturated heterocycles. The molecule has 0 saturated carbocycles. The zero-order valence-corrected chi connectivity index (χ0v) is 12.4. The minimum Gasteiger partial charge on any atom is -0.385 e. The zero-order valence-electron chi connectivity index (χ0n) is 12.4. The molecule has 3 rings (SSSR count). The second-order valence-corrected chi connectivity index (χ2v) is 4.99. The first-order valence-corrected chi connectivity index (χ1v) is 6.94. The third-order valence-corrected chi connectivity index (χ3v) is 3.19. The van der Waals surface area contributed by atoms with Crippen molar-refractivity contribution in [1.82, 2.24) is 15.2 Å².